The summed E-state index contributed by atoms with van der Waals surface area (Å²) in [4.78, 5) is 15.9. The van der Waals surface area contributed by atoms with Crippen molar-refractivity contribution < 1.29 is 14.6 Å². The molecule has 0 aromatic heterocycles. The van der Waals surface area contributed by atoms with Crippen LogP contribution in [-0.2, 0) is 9.53 Å². The van der Waals surface area contributed by atoms with Gasteiger partial charge in [-0.2, -0.15) is 0 Å². The molecule has 1 saturated heterocycles. The van der Waals surface area contributed by atoms with Gasteiger partial charge in [0.25, 0.3) is 5.17 Å². The Bertz CT molecular complexity index is 779. The van der Waals surface area contributed by atoms with Crippen LogP contribution >= 0.6 is 24.0 Å². The number of benzene rings is 1. The van der Waals surface area contributed by atoms with Gasteiger partial charge in [-0.25, -0.2) is 0 Å². The fraction of sp³-hybridized carbons (Fsp3) is 0.524. The number of fused-ring (bicyclic) bond motifs is 1. The molecule has 2 saturated carbocycles. The molecular weight excluding hydrogens is 378 g/mol. The maximum absolute atomic E-state index is 13.1. The molecule has 1 N–H and O–H groups in total. The van der Waals surface area contributed by atoms with Gasteiger partial charge in [-0.3, -0.25) is 9.69 Å². The van der Waals surface area contributed by atoms with Gasteiger partial charge >= 0.3 is 0 Å². The van der Waals surface area contributed by atoms with Crippen LogP contribution < -0.4 is 0 Å². The molecule has 4 rings (SSSR count). The molecule has 4 nitrogen and oxygen atoms in total. The second-order valence-electron chi connectivity index (χ2n) is 8.25. The van der Waals surface area contributed by atoms with E-state index in [2.05, 4.69) is 13.8 Å². The third kappa shape index (κ3) is 2.93. The summed E-state index contributed by atoms with van der Waals surface area (Å²) in [5.41, 5.74) is -0.355. The van der Waals surface area contributed by atoms with Crippen molar-refractivity contribution in [1.82, 2.24) is 4.90 Å². The predicted octanol–water partition coefficient (Wildman–Crippen LogP) is 4.13. The molecule has 0 radical (unpaired) electrons. The van der Waals surface area contributed by atoms with Gasteiger partial charge in [0.05, 0.1) is 18.1 Å². The van der Waals surface area contributed by atoms with E-state index in [0.717, 1.165) is 24.2 Å². The van der Waals surface area contributed by atoms with Crippen LogP contribution in [0.3, 0.4) is 0 Å². The number of carbonyl (C=O) groups is 1. The summed E-state index contributed by atoms with van der Waals surface area (Å²) in [6.07, 6.45) is 3.85. The predicted molar refractivity (Wildman–Crippen MR) is 110 cm³/mol. The van der Waals surface area contributed by atoms with Gasteiger partial charge in [0, 0.05) is 4.90 Å². The van der Waals surface area contributed by atoms with Gasteiger partial charge in [-0.15, -0.1) is 0 Å². The first-order valence-corrected chi connectivity index (χ1v) is 10.7. The lowest BCUT2D eigenvalue weighted by molar-refractivity contribution is -0.135. The van der Waals surface area contributed by atoms with Gasteiger partial charge in [0.15, 0.2) is 0 Å². The molecule has 2 bridgehead atoms. The first-order valence-electron chi connectivity index (χ1n) is 9.46. The Labute approximate surface area is 170 Å². The lowest BCUT2D eigenvalue weighted by Crippen LogP contribution is -2.57. The molecule has 3 aliphatic rings. The van der Waals surface area contributed by atoms with Crippen molar-refractivity contribution in [1.29, 1.82) is 0 Å². The number of thiocarbonyl (C=S) groups is 1. The molecule has 1 amide bonds. The van der Waals surface area contributed by atoms with Crippen molar-refractivity contribution in [3.05, 3.63) is 41.8 Å². The molecule has 144 valence electrons. The summed E-state index contributed by atoms with van der Waals surface area (Å²) in [5, 5.41) is 12.5. The van der Waals surface area contributed by atoms with Gasteiger partial charge < -0.3 is 9.84 Å². The zero-order valence-electron chi connectivity index (χ0n) is 15.6. The highest BCUT2D eigenvalue weighted by Crippen LogP contribution is 2.65. The van der Waals surface area contributed by atoms with E-state index in [1.54, 1.807) is 11.0 Å². The van der Waals surface area contributed by atoms with Crippen molar-refractivity contribution in [3.63, 3.8) is 0 Å². The largest absolute Gasteiger partial charge is 0.465 e. The van der Waals surface area contributed by atoms with E-state index in [4.69, 9.17) is 17.0 Å². The summed E-state index contributed by atoms with van der Waals surface area (Å²) in [5.74, 6) is 0.424. The molecule has 1 heterocycles. The minimum atomic E-state index is -0.839. The number of aliphatic hydroxyl groups is 1. The summed E-state index contributed by atoms with van der Waals surface area (Å²) in [6.45, 7) is 4.46. The third-order valence-corrected chi connectivity index (χ3v) is 7.86. The van der Waals surface area contributed by atoms with Crippen LogP contribution in [0.25, 0.3) is 0 Å². The molecule has 3 fully saturated rings. The zero-order valence-corrected chi connectivity index (χ0v) is 17.3. The smallest absolute Gasteiger partial charge is 0.267 e. The summed E-state index contributed by atoms with van der Waals surface area (Å²) < 4.78 is 5.93. The van der Waals surface area contributed by atoms with E-state index in [-0.39, 0.29) is 34.6 Å². The summed E-state index contributed by atoms with van der Waals surface area (Å²) in [7, 11) is 0. The molecule has 4 atom stereocenters. The highest BCUT2D eigenvalue weighted by atomic mass is 32.2. The quantitative estimate of drug-likeness (QED) is 0.592. The number of thioether (sulfide) groups is 1. The first-order chi connectivity index (χ1) is 12.9. The Balaban J connectivity index is 1.44. The SMILES string of the molecule is CC1(C)[C@@H]2CC[C@]13[C@@H](C2)OC(=S)N3C(=O)C[C@H](O)/C=C/Sc1ccccc1. The summed E-state index contributed by atoms with van der Waals surface area (Å²) >= 11 is 6.93. The topological polar surface area (TPSA) is 49.8 Å². The first kappa shape index (κ1) is 19.0. The highest BCUT2D eigenvalue weighted by molar-refractivity contribution is 8.02. The van der Waals surface area contributed by atoms with Crippen molar-refractivity contribution in [2.45, 2.75) is 62.2 Å². The number of nitrogens with zero attached hydrogens (tertiary/aromatic N) is 1. The molecule has 1 aliphatic heterocycles. The Morgan fingerprint density at radius 1 is 1.44 bits per heavy atom. The van der Waals surface area contributed by atoms with E-state index in [0.29, 0.717) is 5.92 Å². The molecule has 1 spiro atoms. The zero-order chi connectivity index (χ0) is 19.2. The number of hydrogen-bond donors (Lipinski definition) is 1. The molecule has 27 heavy (non-hydrogen) atoms. The fourth-order valence-electron chi connectivity index (χ4n) is 5.27. The second-order valence-corrected chi connectivity index (χ2v) is 9.58. The maximum Gasteiger partial charge on any atom is 0.267 e. The number of hydrogen-bond acceptors (Lipinski definition) is 5. The van der Waals surface area contributed by atoms with Crippen LogP contribution in [0.2, 0.25) is 0 Å². The number of aliphatic hydroxyl groups excluding tert-OH is 1. The summed E-state index contributed by atoms with van der Waals surface area (Å²) in [6, 6.07) is 9.92. The Morgan fingerprint density at radius 3 is 2.89 bits per heavy atom. The molecule has 1 aromatic rings. The molecular formula is C21H25NO3S2. The van der Waals surface area contributed by atoms with E-state index < -0.39 is 6.10 Å². The number of amides is 1. The Kier molecular flexibility index (Phi) is 4.85. The average molecular weight is 404 g/mol. The molecule has 2 aliphatic carbocycles. The van der Waals surface area contributed by atoms with E-state index in [1.165, 1.54) is 11.8 Å². The van der Waals surface area contributed by atoms with Crippen LogP contribution in [0.15, 0.2) is 46.7 Å². The second kappa shape index (κ2) is 6.90. The van der Waals surface area contributed by atoms with Crippen LogP contribution in [0.1, 0.15) is 39.5 Å². The highest BCUT2D eigenvalue weighted by Gasteiger charge is 2.72. The van der Waals surface area contributed by atoms with Crippen LogP contribution in [0.5, 0.6) is 0 Å². The van der Waals surface area contributed by atoms with Crippen molar-refractivity contribution in [2.24, 2.45) is 11.3 Å². The minimum Gasteiger partial charge on any atom is -0.465 e. The van der Waals surface area contributed by atoms with Crippen molar-refractivity contribution in [2.75, 3.05) is 0 Å². The van der Waals surface area contributed by atoms with E-state index >= 15 is 0 Å². The minimum absolute atomic E-state index is 0.00372. The number of ether oxygens (including phenoxy) is 1. The van der Waals surface area contributed by atoms with Crippen LogP contribution in [-0.4, -0.2) is 38.8 Å². The fourth-order valence-corrected chi connectivity index (χ4v) is 6.38. The third-order valence-electron chi connectivity index (χ3n) is 6.75. The molecule has 1 aromatic carbocycles. The normalized spacial score (nSPS) is 32.0. The van der Waals surface area contributed by atoms with Crippen LogP contribution in [0.4, 0.5) is 0 Å². The molecule has 6 heteroatoms. The van der Waals surface area contributed by atoms with Gasteiger partial charge in [-0.05, 0) is 66.4 Å². The van der Waals surface area contributed by atoms with Crippen LogP contribution in [0, 0.1) is 11.3 Å². The Hall–Kier alpha value is -1.37. The van der Waals surface area contributed by atoms with Gasteiger partial charge in [-0.1, -0.05) is 43.8 Å². The standard InChI is InChI=1S/C21H25NO3S2/c1-20(2)14-8-10-21(20)17(12-14)25-19(26)22(21)18(24)13-15(23)9-11-27-16-6-4-3-5-7-16/h3-7,9,11,14-15,17,23H,8,10,12-13H2,1-2H3/b11-9+/t14-,15-,17-,21+/m1/s1. The monoisotopic (exact) mass is 403 g/mol. The van der Waals surface area contributed by atoms with Crippen molar-refractivity contribution >= 4 is 35.1 Å². The van der Waals surface area contributed by atoms with E-state index in [1.807, 2.05) is 35.7 Å². The maximum atomic E-state index is 13.1. The average Bonchev–Trinajstić information content (AvgIpc) is 3.14. The van der Waals surface area contributed by atoms with E-state index in [9.17, 15) is 9.90 Å². The molecule has 0 unspecified atom stereocenters. The van der Waals surface area contributed by atoms with Crippen molar-refractivity contribution in [3.8, 4) is 0 Å². The number of rotatable bonds is 5. The number of carbonyl (C=O) groups excluding carboxylic acids is 1. The van der Waals surface area contributed by atoms with Gasteiger partial charge in [0.2, 0.25) is 5.91 Å². The lowest BCUT2D eigenvalue weighted by Gasteiger charge is -2.42. The Morgan fingerprint density at radius 2 is 2.19 bits per heavy atom. The lowest BCUT2D eigenvalue weighted by atomic mass is 9.74. The van der Waals surface area contributed by atoms with Gasteiger partial charge in [0.1, 0.15) is 6.10 Å².